The van der Waals surface area contributed by atoms with Crippen LogP contribution in [0.5, 0.6) is 17.2 Å². The first kappa shape index (κ1) is 31.8. The van der Waals surface area contributed by atoms with E-state index in [1.165, 1.54) is 11.7 Å². The number of hydrogen-bond donors (Lipinski definition) is 0. The molecule has 0 spiro atoms. The lowest BCUT2D eigenvalue weighted by molar-refractivity contribution is -0.394. The van der Waals surface area contributed by atoms with E-state index in [-0.39, 0.29) is 28.2 Å². The number of ether oxygens (including phenoxy) is 3. The van der Waals surface area contributed by atoms with Gasteiger partial charge < -0.3 is 14.2 Å². The molecule has 0 radical (unpaired) electrons. The minimum Gasteiger partial charge on any atom is -0.496 e. The molecule has 0 N–H and O–H groups in total. The van der Waals surface area contributed by atoms with Crippen LogP contribution in [0.4, 0.5) is 11.4 Å². The van der Waals surface area contributed by atoms with Crippen molar-refractivity contribution in [1.29, 1.82) is 0 Å². The Hall–Kier alpha value is -6.15. The number of rotatable bonds is 9. The van der Waals surface area contributed by atoms with E-state index < -0.39 is 38.8 Å². The van der Waals surface area contributed by atoms with Gasteiger partial charge >= 0.3 is 11.7 Å². The molecule has 6 rings (SSSR count). The van der Waals surface area contributed by atoms with Crippen molar-refractivity contribution < 1.29 is 28.9 Å². The fourth-order valence-corrected chi connectivity index (χ4v) is 6.64. The number of carbonyl (C=O) groups excluding carboxylic acids is 1. The van der Waals surface area contributed by atoms with Crippen molar-refractivity contribution in [2.24, 2.45) is 4.99 Å². The smallest absolute Gasteiger partial charge is 0.338 e. The first-order chi connectivity index (χ1) is 23.1. The molecular weight excluding hydrogens is 640 g/mol. The van der Waals surface area contributed by atoms with E-state index in [1.807, 2.05) is 30.3 Å². The van der Waals surface area contributed by atoms with Gasteiger partial charge in [-0.1, -0.05) is 59.9 Å². The van der Waals surface area contributed by atoms with Gasteiger partial charge in [-0.25, -0.2) is 9.79 Å². The van der Waals surface area contributed by atoms with Gasteiger partial charge in [0.15, 0.2) is 4.80 Å². The second kappa shape index (κ2) is 12.9. The number of nitrogens with zero attached hydrogens (tertiary/aromatic N) is 4. The minimum atomic E-state index is -0.947. The van der Waals surface area contributed by atoms with Gasteiger partial charge in [0.1, 0.15) is 17.5 Å². The lowest BCUT2D eigenvalue weighted by atomic mass is 9.90. The minimum absolute atomic E-state index is 0.114. The number of hydrogen-bond acceptors (Lipinski definition) is 11. The molecule has 4 aromatic carbocycles. The molecule has 5 aromatic rings. The first-order valence-corrected chi connectivity index (χ1v) is 15.4. The van der Waals surface area contributed by atoms with Gasteiger partial charge in [-0.2, -0.15) is 0 Å². The van der Waals surface area contributed by atoms with Crippen molar-refractivity contribution in [1.82, 2.24) is 4.57 Å². The fourth-order valence-electron chi connectivity index (χ4n) is 5.60. The van der Waals surface area contributed by atoms with Crippen LogP contribution < -0.4 is 24.4 Å². The van der Waals surface area contributed by atoms with E-state index >= 15 is 0 Å². The largest absolute Gasteiger partial charge is 0.496 e. The van der Waals surface area contributed by atoms with Crippen LogP contribution in [0.2, 0.25) is 0 Å². The zero-order valence-electron chi connectivity index (χ0n) is 25.7. The Morgan fingerprint density at radius 1 is 0.979 bits per heavy atom. The second-order valence-corrected chi connectivity index (χ2v) is 11.5. The van der Waals surface area contributed by atoms with Gasteiger partial charge in [0, 0.05) is 17.2 Å². The van der Waals surface area contributed by atoms with Crippen molar-refractivity contribution in [3.05, 3.63) is 141 Å². The summed E-state index contributed by atoms with van der Waals surface area (Å²) in [6, 6.07) is 20.0. The number of allylic oxidation sites excluding steroid dienone is 1. The number of carbonyl (C=O) groups is 1. The standard InChI is InChI=1S/C34H26N4O9S/c1-4-46-33(40)29-19(2)35-34-36(31(29)30-23-11-7-5-9-20(23)13-15-27(30)45-3)32(39)28(48-34)17-21-10-6-8-12-25(21)47-26-16-14-22(37(41)42)18-24(26)38(43)44/h5-18,31H,4H2,1-3H3/b28-17-/t31-/m1/s1. The molecule has 0 aliphatic carbocycles. The molecule has 0 saturated heterocycles. The number of para-hydroxylation sites is 1. The Morgan fingerprint density at radius 2 is 1.71 bits per heavy atom. The van der Waals surface area contributed by atoms with E-state index in [0.717, 1.165) is 40.3 Å². The lowest BCUT2D eigenvalue weighted by Gasteiger charge is -2.27. The number of methoxy groups -OCH3 is 1. The molecule has 48 heavy (non-hydrogen) atoms. The Labute approximate surface area is 275 Å². The Bertz CT molecular complexity index is 2360. The van der Waals surface area contributed by atoms with Crippen LogP contribution in [0, 0.1) is 20.2 Å². The van der Waals surface area contributed by atoms with Crippen molar-refractivity contribution in [2.75, 3.05) is 13.7 Å². The van der Waals surface area contributed by atoms with Crippen molar-refractivity contribution >= 4 is 45.5 Å². The molecular formula is C34H26N4O9S. The highest BCUT2D eigenvalue weighted by atomic mass is 32.1. The monoisotopic (exact) mass is 666 g/mol. The first-order valence-electron chi connectivity index (χ1n) is 14.6. The van der Waals surface area contributed by atoms with E-state index in [9.17, 15) is 29.8 Å². The van der Waals surface area contributed by atoms with Gasteiger partial charge in [0.05, 0.1) is 45.4 Å². The quantitative estimate of drug-likeness (QED) is 0.111. The molecule has 1 aliphatic heterocycles. The van der Waals surface area contributed by atoms with Crippen LogP contribution in [0.25, 0.3) is 16.8 Å². The number of benzene rings is 4. The molecule has 1 aliphatic rings. The highest BCUT2D eigenvalue weighted by Gasteiger charge is 2.36. The third-order valence-corrected chi connectivity index (χ3v) is 8.70. The topological polar surface area (TPSA) is 165 Å². The van der Waals surface area contributed by atoms with E-state index in [4.69, 9.17) is 14.2 Å². The van der Waals surface area contributed by atoms with Crippen molar-refractivity contribution in [3.8, 4) is 17.2 Å². The molecule has 0 saturated carbocycles. The predicted molar refractivity (Wildman–Crippen MR) is 177 cm³/mol. The molecule has 0 amide bonds. The lowest BCUT2D eigenvalue weighted by Crippen LogP contribution is -2.40. The van der Waals surface area contributed by atoms with Crippen molar-refractivity contribution in [3.63, 3.8) is 0 Å². The van der Waals surface area contributed by atoms with Crippen molar-refractivity contribution in [2.45, 2.75) is 19.9 Å². The highest BCUT2D eigenvalue weighted by molar-refractivity contribution is 7.07. The molecule has 0 unspecified atom stereocenters. The summed E-state index contributed by atoms with van der Waals surface area (Å²) in [6.45, 7) is 3.50. The average Bonchev–Trinajstić information content (AvgIpc) is 3.38. The number of esters is 1. The van der Waals surface area contributed by atoms with Gasteiger partial charge in [0.2, 0.25) is 5.75 Å². The second-order valence-electron chi connectivity index (χ2n) is 10.5. The summed E-state index contributed by atoms with van der Waals surface area (Å²) in [5, 5.41) is 24.6. The molecule has 14 heteroatoms. The maximum absolute atomic E-state index is 14.4. The van der Waals surface area contributed by atoms with Gasteiger partial charge in [-0.05, 0) is 48.9 Å². The normalized spacial score (nSPS) is 14.3. The molecule has 13 nitrogen and oxygen atoms in total. The maximum atomic E-state index is 14.4. The Morgan fingerprint density at radius 3 is 2.44 bits per heavy atom. The predicted octanol–water partition coefficient (Wildman–Crippen LogP) is 5.57. The zero-order chi connectivity index (χ0) is 34.1. The zero-order valence-corrected chi connectivity index (χ0v) is 26.6. The summed E-state index contributed by atoms with van der Waals surface area (Å²) in [5.41, 5.74) is 0.0628. The molecule has 2 heterocycles. The van der Waals surface area contributed by atoms with Crippen LogP contribution in [0.1, 0.15) is 31.0 Å². The Balaban J connectivity index is 1.55. The Kier molecular flexibility index (Phi) is 8.57. The number of fused-ring (bicyclic) bond motifs is 2. The highest BCUT2D eigenvalue weighted by Crippen LogP contribution is 2.40. The summed E-state index contributed by atoms with van der Waals surface area (Å²) >= 11 is 1.10. The third kappa shape index (κ3) is 5.69. The van der Waals surface area contributed by atoms with Crippen LogP contribution in [-0.4, -0.2) is 34.1 Å². The third-order valence-electron chi connectivity index (χ3n) is 7.72. The van der Waals surface area contributed by atoms with E-state index in [0.29, 0.717) is 27.4 Å². The van der Waals surface area contributed by atoms with Crippen LogP contribution in [-0.2, 0) is 9.53 Å². The number of non-ortho nitro benzene ring substituents is 1. The summed E-state index contributed by atoms with van der Waals surface area (Å²) in [5.74, 6) is -0.203. The summed E-state index contributed by atoms with van der Waals surface area (Å²) in [7, 11) is 1.52. The van der Waals surface area contributed by atoms with Crippen LogP contribution in [0.3, 0.4) is 0 Å². The van der Waals surface area contributed by atoms with Gasteiger partial charge in [-0.3, -0.25) is 29.6 Å². The van der Waals surface area contributed by atoms with Gasteiger partial charge in [-0.15, -0.1) is 0 Å². The number of nitro groups is 2. The number of aromatic nitrogens is 1. The summed E-state index contributed by atoms with van der Waals surface area (Å²) in [6.07, 6.45) is 1.57. The molecule has 0 fully saturated rings. The van der Waals surface area contributed by atoms with E-state index in [2.05, 4.69) is 4.99 Å². The molecule has 1 aromatic heterocycles. The summed E-state index contributed by atoms with van der Waals surface area (Å²) < 4.78 is 18.8. The average molecular weight is 667 g/mol. The fraction of sp³-hybridized carbons (Fsp3) is 0.147. The summed E-state index contributed by atoms with van der Waals surface area (Å²) in [4.78, 5) is 54.3. The molecule has 242 valence electrons. The number of thiazole rings is 1. The number of nitro benzene ring substituents is 2. The van der Waals surface area contributed by atoms with Gasteiger partial charge in [0.25, 0.3) is 11.2 Å². The molecule has 0 bridgehead atoms. The SMILES string of the molecule is CCOC(=O)C1=C(C)N=c2s/c(=C\c3ccccc3Oc3ccc([N+](=O)[O-])cc3[N+](=O)[O-])c(=O)n2[C@H]1c1c(OC)ccc2ccccc12. The van der Waals surface area contributed by atoms with E-state index in [1.54, 1.807) is 50.3 Å². The maximum Gasteiger partial charge on any atom is 0.338 e. The van der Waals surface area contributed by atoms with Crippen LogP contribution >= 0.6 is 11.3 Å². The molecule has 1 atom stereocenters. The van der Waals surface area contributed by atoms with Crippen LogP contribution in [0.15, 0.2) is 99.9 Å².